The van der Waals surface area contributed by atoms with Crippen LogP contribution in [-0.2, 0) is 27.2 Å². The van der Waals surface area contributed by atoms with Crippen molar-refractivity contribution in [3.05, 3.63) is 21.9 Å². The van der Waals surface area contributed by atoms with E-state index in [0.29, 0.717) is 25.7 Å². The highest BCUT2D eigenvalue weighted by molar-refractivity contribution is 7.10. The Kier molecular flexibility index (Phi) is 5.17. The Bertz CT molecular complexity index is 570. The Morgan fingerprint density at radius 3 is 3.00 bits per heavy atom. The van der Waals surface area contributed by atoms with E-state index in [1.807, 2.05) is 16.2 Å². The van der Waals surface area contributed by atoms with Crippen molar-refractivity contribution in [3.63, 3.8) is 0 Å². The van der Waals surface area contributed by atoms with Crippen molar-refractivity contribution in [3.8, 4) is 0 Å². The van der Waals surface area contributed by atoms with Crippen molar-refractivity contribution >= 4 is 17.2 Å². The van der Waals surface area contributed by atoms with Crippen LogP contribution in [0.25, 0.3) is 0 Å². The molecule has 0 bridgehead atoms. The lowest BCUT2D eigenvalue weighted by Gasteiger charge is -2.38. The van der Waals surface area contributed by atoms with Gasteiger partial charge in [-0.3, -0.25) is 9.69 Å². The number of hydrogen-bond acceptors (Lipinski definition) is 5. The zero-order chi connectivity index (χ0) is 16.4. The van der Waals surface area contributed by atoms with Crippen LogP contribution in [0.4, 0.5) is 0 Å². The van der Waals surface area contributed by atoms with Gasteiger partial charge in [-0.1, -0.05) is 6.42 Å². The van der Waals surface area contributed by atoms with Gasteiger partial charge < -0.3 is 14.4 Å². The molecule has 24 heavy (non-hydrogen) atoms. The normalized spacial score (nSPS) is 25.8. The molecule has 3 aliphatic heterocycles. The van der Waals surface area contributed by atoms with Crippen LogP contribution in [-0.4, -0.2) is 60.9 Å². The summed E-state index contributed by atoms with van der Waals surface area (Å²) in [5.41, 5.74) is 1.34. The molecule has 0 aromatic carbocycles. The SMILES string of the molecule is O=C(CCN1CCCCC1C1OCCO1)N1CCc2sccc2C1. The third-order valence-corrected chi connectivity index (χ3v) is 6.42. The summed E-state index contributed by atoms with van der Waals surface area (Å²) in [4.78, 5) is 18.5. The number of piperidine rings is 1. The lowest BCUT2D eigenvalue weighted by Crippen LogP contribution is -2.48. The molecular formula is C18H26N2O3S. The summed E-state index contributed by atoms with van der Waals surface area (Å²) in [5, 5.41) is 2.14. The summed E-state index contributed by atoms with van der Waals surface area (Å²) < 4.78 is 11.4. The maximum Gasteiger partial charge on any atom is 0.224 e. The van der Waals surface area contributed by atoms with Gasteiger partial charge in [0.2, 0.25) is 5.91 Å². The van der Waals surface area contributed by atoms with Crippen LogP contribution >= 0.6 is 11.3 Å². The smallest absolute Gasteiger partial charge is 0.224 e. The number of likely N-dealkylation sites (tertiary alicyclic amines) is 1. The van der Waals surface area contributed by atoms with Crippen LogP contribution in [0.15, 0.2) is 11.4 Å². The predicted molar refractivity (Wildman–Crippen MR) is 93.0 cm³/mol. The second-order valence-corrected chi connectivity index (χ2v) is 7.89. The molecule has 0 aliphatic carbocycles. The van der Waals surface area contributed by atoms with Crippen molar-refractivity contribution in [2.24, 2.45) is 0 Å². The zero-order valence-corrected chi connectivity index (χ0v) is 14.9. The van der Waals surface area contributed by atoms with E-state index in [2.05, 4.69) is 16.3 Å². The first-order valence-corrected chi connectivity index (χ1v) is 9.99. The van der Waals surface area contributed by atoms with E-state index in [-0.39, 0.29) is 12.2 Å². The predicted octanol–water partition coefficient (Wildman–Crippen LogP) is 2.25. The monoisotopic (exact) mass is 350 g/mol. The maximum atomic E-state index is 12.6. The van der Waals surface area contributed by atoms with Gasteiger partial charge >= 0.3 is 0 Å². The maximum absolute atomic E-state index is 12.6. The van der Waals surface area contributed by atoms with Crippen LogP contribution < -0.4 is 0 Å². The van der Waals surface area contributed by atoms with Crippen LogP contribution in [0.1, 0.15) is 36.1 Å². The molecule has 3 aliphatic rings. The minimum Gasteiger partial charge on any atom is -0.349 e. The Morgan fingerprint density at radius 2 is 2.12 bits per heavy atom. The molecule has 1 unspecified atom stereocenters. The first kappa shape index (κ1) is 16.5. The van der Waals surface area contributed by atoms with Gasteiger partial charge in [0.25, 0.3) is 0 Å². The molecule has 132 valence electrons. The molecule has 0 radical (unpaired) electrons. The zero-order valence-electron chi connectivity index (χ0n) is 14.1. The lowest BCUT2D eigenvalue weighted by atomic mass is 10.0. The van der Waals surface area contributed by atoms with E-state index in [1.165, 1.54) is 23.3 Å². The summed E-state index contributed by atoms with van der Waals surface area (Å²) in [7, 11) is 0. The average molecular weight is 350 g/mol. The number of fused-ring (bicyclic) bond motifs is 1. The molecule has 2 saturated heterocycles. The minimum atomic E-state index is -0.0937. The van der Waals surface area contributed by atoms with Gasteiger partial charge in [-0.2, -0.15) is 0 Å². The molecule has 5 nitrogen and oxygen atoms in total. The van der Waals surface area contributed by atoms with Crippen molar-refractivity contribution in [1.29, 1.82) is 0 Å². The molecule has 1 atom stereocenters. The highest BCUT2D eigenvalue weighted by atomic mass is 32.1. The molecule has 1 aromatic heterocycles. The van der Waals surface area contributed by atoms with Gasteiger partial charge in [-0.25, -0.2) is 0 Å². The molecule has 2 fully saturated rings. The summed E-state index contributed by atoms with van der Waals surface area (Å²) >= 11 is 1.82. The van der Waals surface area contributed by atoms with Crippen LogP contribution in [0.2, 0.25) is 0 Å². The van der Waals surface area contributed by atoms with E-state index >= 15 is 0 Å². The number of rotatable bonds is 4. The largest absolute Gasteiger partial charge is 0.349 e. The Labute approximate surface area is 147 Å². The number of nitrogens with zero attached hydrogens (tertiary/aromatic N) is 2. The Balaban J connectivity index is 1.31. The molecule has 1 aromatic rings. The second kappa shape index (κ2) is 7.52. The van der Waals surface area contributed by atoms with Gasteiger partial charge in [0, 0.05) is 30.9 Å². The highest BCUT2D eigenvalue weighted by Crippen LogP contribution is 2.26. The number of ether oxygens (including phenoxy) is 2. The first-order valence-electron chi connectivity index (χ1n) is 9.11. The highest BCUT2D eigenvalue weighted by Gasteiger charge is 2.34. The molecule has 0 saturated carbocycles. The van der Waals surface area contributed by atoms with Gasteiger partial charge in [0.05, 0.1) is 19.3 Å². The fourth-order valence-corrected chi connectivity index (χ4v) is 4.95. The fourth-order valence-electron chi connectivity index (χ4n) is 4.06. The van der Waals surface area contributed by atoms with E-state index in [9.17, 15) is 4.79 Å². The standard InChI is InChI=1S/C18H26N2O3S/c21-17(20-8-4-16-14(13-20)6-12-24-16)5-9-19-7-2-1-3-15(19)18-22-10-11-23-18/h6,12,15,18H,1-5,7-11,13H2. The summed E-state index contributed by atoms with van der Waals surface area (Å²) in [6, 6.07) is 2.48. The van der Waals surface area contributed by atoms with E-state index in [1.54, 1.807) is 0 Å². The molecule has 0 spiro atoms. The minimum absolute atomic E-state index is 0.0937. The molecule has 0 N–H and O–H groups in total. The number of carbonyl (C=O) groups excluding carboxylic acids is 1. The number of amides is 1. The summed E-state index contributed by atoms with van der Waals surface area (Å²) in [5.74, 6) is 0.282. The van der Waals surface area contributed by atoms with Gasteiger partial charge in [-0.05, 0) is 42.8 Å². The van der Waals surface area contributed by atoms with Crippen molar-refractivity contribution in [2.75, 3.05) is 32.8 Å². The van der Waals surface area contributed by atoms with Crippen LogP contribution in [0.5, 0.6) is 0 Å². The van der Waals surface area contributed by atoms with E-state index in [0.717, 1.165) is 39.0 Å². The summed E-state index contributed by atoms with van der Waals surface area (Å²) in [6.45, 7) is 4.92. The molecule has 6 heteroatoms. The third-order valence-electron chi connectivity index (χ3n) is 5.40. The average Bonchev–Trinajstić information content (AvgIpc) is 3.30. The summed E-state index contributed by atoms with van der Waals surface area (Å²) in [6.07, 6.45) is 5.06. The van der Waals surface area contributed by atoms with Crippen LogP contribution in [0.3, 0.4) is 0 Å². The molecule has 1 amide bonds. The fraction of sp³-hybridized carbons (Fsp3) is 0.722. The van der Waals surface area contributed by atoms with Crippen molar-refractivity contribution in [2.45, 2.75) is 51.0 Å². The first-order chi connectivity index (χ1) is 11.8. The van der Waals surface area contributed by atoms with Gasteiger partial charge in [0.1, 0.15) is 0 Å². The topological polar surface area (TPSA) is 42.0 Å². The number of hydrogen-bond donors (Lipinski definition) is 0. The van der Waals surface area contributed by atoms with Gasteiger partial charge in [0.15, 0.2) is 6.29 Å². The van der Waals surface area contributed by atoms with E-state index in [4.69, 9.17) is 9.47 Å². The Hall–Kier alpha value is -0.950. The van der Waals surface area contributed by atoms with Gasteiger partial charge in [-0.15, -0.1) is 11.3 Å². The lowest BCUT2D eigenvalue weighted by molar-refractivity contribution is -0.134. The van der Waals surface area contributed by atoms with Crippen molar-refractivity contribution in [1.82, 2.24) is 9.80 Å². The van der Waals surface area contributed by atoms with Crippen molar-refractivity contribution < 1.29 is 14.3 Å². The second-order valence-electron chi connectivity index (χ2n) is 6.89. The van der Waals surface area contributed by atoms with E-state index < -0.39 is 0 Å². The molecule has 4 rings (SSSR count). The number of thiophene rings is 1. The number of carbonyl (C=O) groups is 1. The Morgan fingerprint density at radius 1 is 1.25 bits per heavy atom. The third kappa shape index (κ3) is 3.52. The molecule has 4 heterocycles. The molecular weight excluding hydrogens is 324 g/mol. The van der Waals surface area contributed by atoms with Crippen LogP contribution in [0, 0.1) is 0 Å². The quantitative estimate of drug-likeness (QED) is 0.835.